The van der Waals surface area contributed by atoms with Gasteiger partial charge in [-0.15, -0.1) is 0 Å². The van der Waals surface area contributed by atoms with Crippen molar-refractivity contribution in [2.24, 2.45) is 5.92 Å². The molecule has 96 valence electrons. The fourth-order valence-corrected chi connectivity index (χ4v) is 2.36. The molecule has 1 rings (SSSR count). The Labute approximate surface area is 108 Å². The van der Waals surface area contributed by atoms with Crippen LogP contribution < -0.4 is 5.32 Å². The topological polar surface area (TPSA) is 12.0 Å². The molecular formula is C14H21ClFN. The SMILES string of the molecule is CCNC(c1ccc(Cl)c(F)c1)C(CC)CC. The summed E-state index contributed by atoms with van der Waals surface area (Å²) >= 11 is 5.71. The maximum atomic E-state index is 13.5. The van der Waals surface area contributed by atoms with Crippen molar-refractivity contribution in [3.8, 4) is 0 Å². The lowest BCUT2D eigenvalue weighted by Crippen LogP contribution is -2.27. The van der Waals surface area contributed by atoms with Gasteiger partial charge in [0.1, 0.15) is 5.82 Å². The summed E-state index contributed by atoms with van der Waals surface area (Å²) in [7, 11) is 0. The van der Waals surface area contributed by atoms with Gasteiger partial charge in [0.2, 0.25) is 0 Å². The van der Waals surface area contributed by atoms with E-state index in [9.17, 15) is 4.39 Å². The Hall–Kier alpha value is -0.600. The summed E-state index contributed by atoms with van der Waals surface area (Å²) in [5, 5.41) is 3.63. The van der Waals surface area contributed by atoms with Crippen LogP contribution in [0.25, 0.3) is 0 Å². The van der Waals surface area contributed by atoms with Crippen molar-refractivity contribution >= 4 is 11.6 Å². The number of benzene rings is 1. The van der Waals surface area contributed by atoms with Gasteiger partial charge in [-0.05, 0) is 30.2 Å². The zero-order chi connectivity index (χ0) is 12.8. The van der Waals surface area contributed by atoms with E-state index in [2.05, 4.69) is 26.1 Å². The highest BCUT2D eigenvalue weighted by Gasteiger charge is 2.20. The second kappa shape index (κ2) is 6.97. The first-order valence-corrected chi connectivity index (χ1v) is 6.70. The lowest BCUT2D eigenvalue weighted by Gasteiger charge is -2.26. The van der Waals surface area contributed by atoms with Crippen molar-refractivity contribution in [3.05, 3.63) is 34.6 Å². The Morgan fingerprint density at radius 3 is 2.35 bits per heavy atom. The molecular weight excluding hydrogens is 237 g/mol. The van der Waals surface area contributed by atoms with Crippen LogP contribution in [0.15, 0.2) is 18.2 Å². The van der Waals surface area contributed by atoms with E-state index in [0.717, 1.165) is 24.9 Å². The third-order valence-corrected chi connectivity index (χ3v) is 3.55. The standard InChI is InChI=1S/C14H21ClFN/c1-4-10(5-2)14(17-6-3)11-7-8-12(15)13(16)9-11/h7-10,14,17H,4-6H2,1-3H3. The van der Waals surface area contributed by atoms with E-state index in [-0.39, 0.29) is 16.9 Å². The molecule has 0 aromatic heterocycles. The monoisotopic (exact) mass is 257 g/mol. The van der Waals surface area contributed by atoms with Crippen LogP contribution in [0.2, 0.25) is 5.02 Å². The van der Waals surface area contributed by atoms with Gasteiger partial charge in [0.15, 0.2) is 0 Å². The van der Waals surface area contributed by atoms with Gasteiger partial charge in [-0.3, -0.25) is 0 Å². The molecule has 1 aromatic carbocycles. The summed E-state index contributed by atoms with van der Waals surface area (Å²) in [4.78, 5) is 0. The number of hydrogen-bond donors (Lipinski definition) is 1. The molecule has 0 fully saturated rings. The van der Waals surface area contributed by atoms with Crippen molar-refractivity contribution in [1.82, 2.24) is 5.32 Å². The van der Waals surface area contributed by atoms with E-state index < -0.39 is 0 Å². The largest absolute Gasteiger partial charge is 0.310 e. The van der Waals surface area contributed by atoms with Gasteiger partial charge in [-0.2, -0.15) is 0 Å². The Morgan fingerprint density at radius 2 is 1.88 bits per heavy atom. The van der Waals surface area contributed by atoms with E-state index in [0.29, 0.717) is 5.92 Å². The van der Waals surface area contributed by atoms with Crippen molar-refractivity contribution in [2.45, 2.75) is 39.7 Å². The molecule has 0 aliphatic carbocycles. The van der Waals surface area contributed by atoms with Gasteiger partial charge in [-0.1, -0.05) is 51.3 Å². The van der Waals surface area contributed by atoms with Gasteiger partial charge in [0.05, 0.1) is 5.02 Å². The normalized spacial score (nSPS) is 13.1. The summed E-state index contributed by atoms with van der Waals surface area (Å²) in [6, 6.07) is 5.31. The van der Waals surface area contributed by atoms with Crippen LogP contribution in [0.5, 0.6) is 0 Å². The van der Waals surface area contributed by atoms with Crippen LogP contribution in [-0.2, 0) is 0 Å². The minimum atomic E-state index is -0.335. The fourth-order valence-electron chi connectivity index (χ4n) is 2.24. The second-order valence-electron chi connectivity index (χ2n) is 4.29. The molecule has 17 heavy (non-hydrogen) atoms. The van der Waals surface area contributed by atoms with Gasteiger partial charge >= 0.3 is 0 Å². The number of halogens is 2. The van der Waals surface area contributed by atoms with E-state index in [1.807, 2.05) is 6.07 Å². The Bertz CT molecular complexity index is 350. The van der Waals surface area contributed by atoms with Gasteiger partial charge in [-0.25, -0.2) is 4.39 Å². The number of rotatable bonds is 6. The maximum Gasteiger partial charge on any atom is 0.142 e. The van der Waals surface area contributed by atoms with Crippen molar-refractivity contribution in [3.63, 3.8) is 0 Å². The highest BCUT2D eigenvalue weighted by atomic mass is 35.5. The number of hydrogen-bond acceptors (Lipinski definition) is 1. The molecule has 1 atom stereocenters. The highest BCUT2D eigenvalue weighted by molar-refractivity contribution is 6.30. The molecule has 0 aliphatic rings. The smallest absolute Gasteiger partial charge is 0.142 e. The van der Waals surface area contributed by atoms with Crippen LogP contribution in [0, 0.1) is 11.7 Å². The third kappa shape index (κ3) is 3.68. The van der Waals surface area contributed by atoms with E-state index in [4.69, 9.17) is 11.6 Å². The van der Waals surface area contributed by atoms with Crippen LogP contribution in [0.4, 0.5) is 4.39 Å². The predicted molar refractivity (Wildman–Crippen MR) is 71.9 cm³/mol. The lowest BCUT2D eigenvalue weighted by molar-refractivity contribution is 0.345. The van der Waals surface area contributed by atoms with Crippen LogP contribution in [-0.4, -0.2) is 6.54 Å². The minimum absolute atomic E-state index is 0.188. The van der Waals surface area contributed by atoms with E-state index in [1.54, 1.807) is 12.1 Å². The van der Waals surface area contributed by atoms with E-state index in [1.165, 1.54) is 0 Å². The van der Waals surface area contributed by atoms with Crippen LogP contribution in [0.3, 0.4) is 0 Å². The molecule has 0 saturated heterocycles. The summed E-state index contributed by atoms with van der Waals surface area (Å²) in [5.41, 5.74) is 0.988. The molecule has 0 spiro atoms. The average molecular weight is 258 g/mol. The molecule has 0 bridgehead atoms. The number of nitrogens with one attached hydrogen (secondary N) is 1. The molecule has 3 heteroatoms. The van der Waals surface area contributed by atoms with Gasteiger partial charge < -0.3 is 5.32 Å². The Kier molecular flexibility index (Phi) is 5.93. The highest BCUT2D eigenvalue weighted by Crippen LogP contribution is 2.29. The minimum Gasteiger partial charge on any atom is -0.310 e. The van der Waals surface area contributed by atoms with Crippen LogP contribution >= 0.6 is 11.6 Å². The molecule has 0 saturated carbocycles. The first kappa shape index (κ1) is 14.5. The predicted octanol–water partition coefficient (Wildman–Crippen LogP) is 4.57. The summed E-state index contributed by atoms with van der Waals surface area (Å²) in [6.45, 7) is 7.29. The van der Waals surface area contributed by atoms with E-state index >= 15 is 0 Å². The Balaban J connectivity index is 2.99. The summed E-state index contributed by atoms with van der Waals surface area (Å²) in [6.07, 6.45) is 2.16. The molecule has 1 aromatic rings. The van der Waals surface area contributed by atoms with Gasteiger partial charge in [0, 0.05) is 6.04 Å². The molecule has 1 N–H and O–H groups in total. The molecule has 0 amide bonds. The lowest BCUT2D eigenvalue weighted by atomic mass is 9.89. The maximum absolute atomic E-state index is 13.5. The first-order chi connectivity index (χ1) is 8.13. The van der Waals surface area contributed by atoms with Crippen molar-refractivity contribution < 1.29 is 4.39 Å². The van der Waals surface area contributed by atoms with Crippen molar-refractivity contribution in [1.29, 1.82) is 0 Å². The van der Waals surface area contributed by atoms with Crippen molar-refractivity contribution in [2.75, 3.05) is 6.54 Å². The third-order valence-electron chi connectivity index (χ3n) is 3.25. The molecule has 0 heterocycles. The van der Waals surface area contributed by atoms with Gasteiger partial charge in [0.25, 0.3) is 0 Å². The molecule has 0 aliphatic heterocycles. The molecule has 1 unspecified atom stereocenters. The van der Waals surface area contributed by atoms with Crippen LogP contribution in [0.1, 0.15) is 45.2 Å². The molecule has 1 nitrogen and oxygen atoms in total. The summed E-state index contributed by atoms with van der Waals surface area (Å²) in [5.74, 6) is 0.188. The zero-order valence-corrected chi connectivity index (χ0v) is 11.5. The fraction of sp³-hybridized carbons (Fsp3) is 0.571. The summed E-state index contributed by atoms with van der Waals surface area (Å²) < 4.78 is 13.5. The average Bonchev–Trinajstić information content (AvgIpc) is 2.33. The first-order valence-electron chi connectivity index (χ1n) is 6.32. The zero-order valence-electron chi connectivity index (χ0n) is 10.8. The Morgan fingerprint density at radius 1 is 1.24 bits per heavy atom. The second-order valence-corrected chi connectivity index (χ2v) is 4.69. The molecule has 0 radical (unpaired) electrons. The quantitative estimate of drug-likeness (QED) is 0.787.